The molecule has 0 bridgehead atoms. The molecule has 1 N–H and O–H groups in total. The summed E-state index contributed by atoms with van der Waals surface area (Å²) in [6, 6.07) is 7.27. The number of nitrogens with zero attached hydrogens (tertiary/aromatic N) is 2. The highest BCUT2D eigenvalue weighted by Gasteiger charge is 2.37. The number of anilines is 2. The van der Waals surface area contributed by atoms with Gasteiger partial charge in [0.25, 0.3) is 0 Å². The van der Waals surface area contributed by atoms with E-state index in [0.29, 0.717) is 36.6 Å². The normalized spacial score (nSPS) is 17.0. The molecule has 2 aromatic rings. The van der Waals surface area contributed by atoms with Gasteiger partial charge in [-0.15, -0.1) is 0 Å². The lowest BCUT2D eigenvalue weighted by Gasteiger charge is -2.34. The zero-order valence-corrected chi connectivity index (χ0v) is 16.1. The van der Waals surface area contributed by atoms with Crippen molar-refractivity contribution < 1.29 is 27.4 Å². The lowest BCUT2D eigenvalue weighted by Crippen LogP contribution is -2.42. The van der Waals surface area contributed by atoms with E-state index in [1.165, 1.54) is 31.4 Å². The van der Waals surface area contributed by atoms with Crippen molar-refractivity contribution >= 4 is 17.4 Å². The second-order valence-electron chi connectivity index (χ2n) is 6.71. The van der Waals surface area contributed by atoms with Crippen LogP contribution in [0, 0.1) is 5.92 Å². The maximum atomic E-state index is 13.3. The smallest absolute Gasteiger partial charge is 0.419 e. The van der Waals surface area contributed by atoms with Gasteiger partial charge in [-0.2, -0.15) is 13.2 Å². The van der Waals surface area contributed by atoms with Crippen molar-refractivity contribution in [3.05, 3.63) is 42.1 Å². The van der Waals surface area contributed by atoms with Crippen LogP contribution in [0.4, 0.5) is 24.7 Å². The summed E-state index contributed by atoms with van der Waals surface area (Å²) in [4.78, 5) is 18.2. The molecule has 1 aliphatic rings. The number of nitrogens with one attached hydrogen (secondary N) is 1. The molecule has 0 spiro atoms. The van der Waals surface area contributed by atoms with Crippen molar-refractivity contribution in [2.75, 3.05) is 37.5 Å². The second kappa shape index (κ2) is 8.59. The summed E-state index contributed by atoms with van der Waals surface area (Å²) in [5.41, 5.74) is -0.317. The van der Waals surface area contributed by atoms with E-state index in [1.54, 1.807) is 18.2 Å². The van der Waals surface area contributed by atoms with E-state index in [-0.39, 0.29) is 18.3 Å². The molecule has 1 fully saturated rings. The molecular formula is C20H22F3N3O3. The third-order valence-corrected chi connectivity index (χ3v) is 4.85. The van der Waals surface area contributed by atoms with Gasteiger partial charge in [-0.1, -0.05) is 0 Å². The van der Waals surface area contributed by atoms with E-state index in [4.69, 9.17) is 9.47 Å². The predicted octanol–water partition coefficient (Wildman–Crippen LogP) is 3.97. The summed E-state index contributed by atoms with van der Waals surface area (Å²) in [7, 11) is 3.00. The number of carbonyl (C=O) groups excluding carboxylic acids is 1. The molecule has 1 unspecified atom stereocenters. The molecule has 9 heteroatoms. The fourth-order valence-electron chi connectivity index (χ4n) is 3.39. The van der Waals surface area contributed by atoms with Crippen LogP contribution in [0.3, 0.4) is 0 Å². The fraction of sp³-hybridized carbons (Fsp3) is 0.400. The summed E-state index contributed by atoms with van der Waals surface area (Å²) in [6.07, 6.45) is -2.01. The molecule has 3 rings (SSSR count). The number of piperidine rings is 1. The SMILES string of the molecule is COc1ccc(NC(=O)C2CCCN(c3ncccc3C(F)(F)F)C2)c(OC)c1. The molecule has 0 saturated carbocycles. The maximum Gasteiger partial charge on any atom is 0.419 e. The minimum atomic E-state index is -4.50. The standard InChI is InChI=1S/C20H22F3N3O3/c1-28-14-7-8-16(17(11-14)29-2)25-19(27)13-5-4-10-26(12-13)18-15(20(21,22)23)6-3-9-24-18/h3,6-9,11,13H,4-5,10,12H2,1-2H3,(H,25,27). The van der Waals surface area contributed by atoms with Crippen LogP contribution >= 0.6 is 0 Å². The number of ether oxygens (including phenoxy) is 2. The Balaban J connectivity index is 1.76. The molecule has 1 aromatic heterocycles. The van der Waals surface area contributed by atoms with Crippen molar-refractivity contribution in [2.45, 2.75) is 19.0 Å². The minimum Gasteiger partial charge on any atom is -0.497 e. The van der Waals surface area contributed by atoms with Gasteiger partial charge in [0.1, 0.15) is 17.3 Å². The van der Waals surface area contributed by atoms with Gasteiger partial charge in [0.15, 0.2) is 0 Å². The molecule has 1 aliphatic heterocycles. The number of amides is 1. The zero-order chi connectivity index (χ0) is 21.0. The van der Waals surface area contributed by atoms with Crippen molar-refractivity contribution in [1.29, 1.82) is 0 Å². The topological polar surface area (TPSA) is 63.7 Å². The Bertz CT molecular complexity index is 874. The van der Waals surface area contributed by atoms with Gasteiger partial charge in [0, 0.05) is 25.4 Å². The summed E-state index contributed by atoms with van der Waals surface area (Å²) < 4.78 is 50.4. The number of alkyl halides is 3. The third-order valence-electron chi connectivity index (χ3n) is 4.85. The Morgan fingerprint density at radius 3 is 2.72 bits per heavy atom. The first-order chi connectivity index (χ1) is 13.8. The number of hydrogen-bond donors (Lipinski definition) is 1. The molecule has 156 valence electrons. The first-order valence-electron chi connectivity index (χ1n) is 9.13. The predicted molar refractivity (Wildman–Crippen MR) is 102 cm³/mol. The van der Waals surface area contributed by atoms with Gasteiger partial charge in [-0.25, -0.2) is 4.98 Å². The van der Waals surface area contributed by atoms with Gasteiger partial charge in [0.05, 0.1) is 31.4 Å². The average molecular weight is 409 g/mol. The number of halogens is 3. The number of aromatic nitrogens is 1. The molecule has 1 saturated heterocycles. The van der Waals surface area contributed by atoms with Crippen molar-refractivity contribution in [1.82, 2.24) is 4.98 Å². The highest BCUT2D eigenvalue weighted by Crippen LogP contribution is 2.37. The van der Waals surface area contributed by atoms with Crippen LogP contribution in [-0.4, -0.2) is 38.2 Å². The maximum absolute atomic E-state index is 13.3. The number of hydrogen-bond acceptors (Lipinski definition) is 5. The second-order valence-corrected chi connectivity index (χ2v) is 6.71. The van der Waals surface area contributed by atoms with Crippen LogP contribution in [-0.2, 0) is 11.0 Å². The van der Waals surface area contributed by atoms with Crippen LogP contribution < -0.4 is 19.7 Å². The number of methoxy groups -OCH3 is 2. The molecule has 1 amide bonds. The molecule has 29 heavy (non-hydrogen) atoms. The lowest BCUT2D eigenvalue weighted by atomic mass is 9.96. The van der Waals surface area contributed by atoms with E-state index in [2.05, 4.69) is 10.3 Å². The average Bonchev–Trinajstić information content (AvgIpc) is 2.73. The molecule has 1 atom stereocenters. The largest absolute Gasteiger partial charge is 0.497 e. The van der Waals surface area contributed by atoms with Crippen molar-refractivity contribution in [3.8, 4) is 11.5 Å². The van der Waals surface area contributed by atoms with E-state index in [0.717, 1.165) is 6.07 Å². The Kier molecular flexibility index (Phi) is 6.14. The molecule has 0 radical (unpaired) electrons. The Labute approximate surface area is 166 Å². The van der Waals surface area contributed by atoms with E-state index >= 15 is 0 Å². The summed E-state index contributed by atoms with van der Waals surface area (Å²) in [5.74, 6) is 0.133. The van der Waals surface area contributed by atoms with Crippen LogP contribution in [0.1, 0.15) is 18.4 Å². The van der Waals surface area contributed by atoms with Crippen LogP contribution in [0.5, 0.6) is 11.5 Å². The summed E-state index contributed by atoms with van der Waals surface area (Å²) in [6.45, 7) is 0.570. The van der Waals surface area contributed by atoms with Crippen LogP contribution in [0.2, 0.25) is 0 Å². The van der Waals surface area contributed by atoms with Gasteiger partial charge in [-0.3, -0.25) is 4.79 Å². The Morgan fingerprint density at radius 2 is 2.03 bits per heavy atom. The Morgan fingerprint density at radius 1 is 1.24 bits per heavy atom. The first-order valence-corrected chi connectivity index (χ1v) is 9.13. The van der Waals surface area contributed by atoms with Crippen molar-refractivity contribution in [2.24, 2.45) is 5.92 Å². The van der Waals surface area contributed by atoms with Gasteiger partial charge >= 0.3 is 6.18 Å². The highest BCUT2D eigenvalue weighted by atomic mass is 19.4. The third kappa shape index (κ3) is 4.72. The van der Waals surface area contributed by atoms with E-state index in [1.807, 2.05) is 0 Å². The van der Waals surface area contributed by atoms with Gasteiger partial charge in [0.2, 0.25) is 5.91 Å². The number of rotatable bonds is 5. The van der Waals surface area contributed by atoms with Gasteiger partial charge in [-0.05, 0) is 37.1 Å². The lowest BCUT2D eigenvalue weighted by molar-refractivity contribution is -0.137. The number of pyridine rings is 1. The number of carbonyl (C=O) groups is 1. The monoisotopic (exact) mass is 409 g/mol. The van der Waals surface area contributed by atoms with Crippen LogP contribution in [0.15, 0.2) is 36.5 Å². The Hall–Kier alpha value is -2.97. The summed E-state index contributed by atoms with van der Waals surface area (Å²) in [5, 5.41) is 2.81. The quantitative estimate of drug-likeness (QED) is 0.810. The van der Waals surface area contributed by atoms with E-state index < -0.39 is 17.7 Å². The van der Waals surface area contributed by atoms with Crippen molar-refractivity contribution in [3.63, 3.8) is 0 Å². The summed E-state index contributed by atoms with van der Waals surface area (Å²) >= 11 is 0. The number of benzene rings is 1. The zero-order valence-electron chi connectivity index (χ0n) is 16.1. The first kappa shape index (κ1) is 20.8. The fourth-order valence-corrected chi connectivity index (χ4v) is 3.39. The molecule has 2 heterocycles. The van der Waals surface area contributed by atoms with Crippen LogP contribution in [0.25, 0.3) is 0 Å². The molecule has 1 aromatic carbocycles. The molecule has 6 nitrogen and oxygen atoms in total. The van der Waals surface area contributed by atoms with E-state index in [9.17, 15) is 18.0 Å². The molecule has 0 aliphatic carbocycles. The molecular weight excluding hydrogens is 387 g/mol. The minimum absolute atomic E-state index is 0.139. The van der Waals surface area contributed by atoms with Gasteiger partial charge < -0.3 is 19.7 Å². The highest BCUT2D eigenvalue weighted by molar-refractivity contribution is 5.94.